The predicted octanol–water partition coefficient (Wildman–Crippen LogP) is 2.46. The Kier molecular flexibility index (Phi) is 5.71. The Morgan fingerprint density at radius 3 is 2.55 bits per heavy atom. The summed E-state index contributed by atoms with van der Waals surface area (Å²) in [6, 6.07) is 9.03. The fourth-order valence-electron chi connectivity index (χ4n) is 4.27. The molecule has 0 radical (unpaired) electrons. The molecule has 2 atom stereocenters. The lowest BCUT2D eigenvalue weighted by Gasteiger charge is -2.19. The molecule has 0 bridgehead atoms. The topological polar surface area (TPSA) is 136 Å². The largest absolute Gasteiger partial charge is 0.507 e. The van der Waals surface area contributed by atoms with Crippen LogP contribution in [0.4, 0.5) is 0 Å². The summed E-state index contributed by atoms with van der Waals surface area (Å²) in [4.78, 5) is 45.4. The van der Waals surface area contributed by atoms with Crippen LogP contribution < -0.4 is 0 Å². The molecule has 1 aliphatic carbocycles. The molecule has 1 aromatic heterocycles. The summed E-state index contributed by atoms with van der Waals surface area (Å²) in [5.41, 5.74) is 1.21. The molecule has 1 saturated carbocycles. The van der Waals surface area contributed by atoms with E-state index in [4.69, 9.17) is 4.74 Å². The molecular formula is C22H22N4O5. The van der Waals surface area contributed by atoms with Crippen molar-refractivity contribution in [1.29, 1.82) is 5.26 Å². The number of esters is 1. The van der Waals surface area contributed by atoms with Crippen LogP contribution >= 0.6 is 0 Å². The summed E-state index contributed by atoms with van der Waals surface area (Å²) < 4.78 is 5.04. The van der Waals surface area contributed by atoms with E-state index in [1.165, 1.54) is 0 Å². The normalized spacial score (nSPS) is 21.6. The number of rotatable bonds is 6. The van der Waals surface area contributed by atoms with Crippen LogP contribution in [0.25, 0.3) is 16.6 Å². The zero-order chi connectivity index (χ0) is 22.0. The number of ether oxygens (including phenoxy) is 1. The second kappa shape index (κ2) is 8.60. The molecule has 0 spiro atoms. The van der Waals surface area contributed by atoms with E-state index in [-0.39, 0.29) is 48.0 Å². The summed E-state index contributed by atoms with van der Waals surface area (Å²) in [5, 5.41) is 19.6. The fraction of sp³-hybridized carbons (Fsp3) is 0.409. The minimum Gasteiger partial charge on any atom is -0.507 e. The van der Waals surface area contributed by atoms with Crippen LogP contribution in [-0.4, -0.2) is 50.9 Å². The Hall–Kier alpha value is -3.67. The Morgan fingerprint density at radius 2 is 1.90 bits per heavy atom. The van der Waals surface area contributed by atoms with E-state index < -0.39 is 18.3 Å². The molecule has 4 rings (SSSR count). The number of allylic oxidation sites excluding steroid dienone is 1. The maximum absolute atomic E-state index is 12.4. The first-order chi connectivity index (χ1) is 15.0. The van der Waals surface area contributed by atoms with Crippen LogP contribution in [0.15, 0.2) is 30.0 Å². The first-order valence-electron chi connectivity index (χ1n) is 10.3. The van der Waals surface area contributed by atoms with Crippen LogP contribution in [0.5, 0.6) is 0 Å². The number of para-hydroxylation sites is 2. The third-order valence-electron chi connectivity index (χ3n) is 5.87. The number of hydrogen-bond donors (Lipinski definition) is 2. The molecule has 1 saturated heterocycles. The summed E-state index contributed by atoms with van der Waals surface area (Å²) in [7, 11) is 0. The number of amides is 2. The van der Waals surface area contributed by atoms with Crippen LogP contribution in [0.2, 0.25) is 0 Å². The number of hydrogen-bond acceptors (Lipinski definition) is 7. The molecule has 31 heavy (non-hydrogen) atoms. The van der Waals surface area contributed by atoms with Crippen molar-refractivity contribution in [3.63, 3.8) is 0 Å². The number of likely N-dealkylation sites (tertiary alicyclic amines) is 1. The standard InChI is InChI=1S/C22H22N4O5/c23-11-15(20-24-16-7-3-4-8-17(16)25-20)18(27)12-31-19(28)9-10-26-21(29)13-5-1-2-6-14(13)22(26)30/h3-4,7-8,13-14,27H,1-2,5-6,9-10,12H2,(H,24,25). The highest BCUT2D eigenvalue weighted by Gasteiger charge is 2.47. The second-order valence-electron chi connectivity index (χ2n) is 7.77. The van der Waals surface area contributed by atoms with Gasteiger partial charge in [0.25, 0.3) is 0 Å². The van der Waals surface area contributed by atoms with Gasteiger partial charge in [0.1, 0.15) is 18.2 Å². The third kappa shape index (κ3) is 4.01. The van der Waals surface area contributed by atoms with E-state index in [2.05, 4.69) is 9.97 Å². The zero-order valence-electron chi connectivity index (χ0n) is 16.8. The lowest BCUT2D eigenvalue weighted by atomic mass is 9.81. The summed E-state index contributed by atoms with van der Waals surface area (Å²) in [6.45, 7) is -0.547. The monoisotopic (exact) mass is 422 g/mol. The number of aliphatic hydroxyl groups excluding tert-OH is 1. The van der Waals surface area contributed by atoms with Crippen molar-refractivity contribution < 1.29 is 24.2 Å². The molecular weight excluding hydrogens is 400 g/mol. The molecule has 1 aromatic carbocycles. The number of aromatic amines is 1. The maximum atomic E-state index is 12.4. The Balaban J connectivity index is 1.35. The molecule has 2 amide bonds. The Bertz CT molecular complexity index is 1060. The number of fused-ring (bicyclic) bond motifs is 2. The minimum atomic E-state index is -0.677. The van der Waals surface area contributed by atoms with Crippen molar-refractivity contribution in [2.45, 2.75) is 32.1 Å². The molecule has 2 heterocycles. The van der Waals surface area contributed by atoms with E-state index in [0.717, 1.165) is 17.7 Å². The predicted molar refractivity (Wildman–Crippen MR) is 109 cm³/mol. The molecule has 1 aliphatic heterocycles. The lowest BCUT2D eigenvalue weighted by molar-refractivity contribution is -0.145. The van der Waals surface area contributed by atoms with Gasteiger partial charge in [-0.3, -0.25) is 19.3 Å². The van der Waals surface area contributed by atoms with Crippen LogP contribution in [0, 0.1) is 23.2 Å². The summed E-state index contributed by atoms with van der Waals surface area (Å²) >= 11 is 0. The molecule has 2 aromatic rings. The van der Waals surface area contributed by atoms with Gasteiger partial charge in [0.2, 0.25) is 11.8 Å². The van der Waals surface area contributed by atoms with Crippen molar-refractivity contribution in [1.82, 2.24) is 14.9 Å². The first kappa shape index (κ1) is 20.6. The molecule has 9 heteroatoms. The molecule has 2 unspecified atom stereocenters. The molecule has 160 valence electrons. The average Bonchev–Trinajstić information content (AvgIpc) is 3.31. The van der Waals surface area contributed by atoms with E-state index in [1.54, 1.807) is 18.2 Å². The number of H-pyrrole nitrogens is 1. The van der Waals surface area contributed by atoms with Gasteiger partial charge in [-0.05, 0) is 25.0 Å². The number of carbonyl (C=O) groups excluding carboxylic acids is 3. The number of nitrogens with zero attached hydrogens (tertiary/aromatic N) is 3. The van der Waals surface area contributed by atoms with Crippen LogP contribution in [0.3, 0.4) is 0 Å². The van der Waals surface area contributed by atoms with Crippen molar-refractivity contribution in [3.8, 4) is 6.07 Å². The molecule has 2 N–H and O–H groups in total. The highest BCUT2D eigenvalue weighted by atomic mass is 16.5. The summed E-state index contributed by atoms with van der Waals surface area (Å²) in [6.07, 6.45) is 3.14. The second-order valence-corrected chi connectivity index (χ2v) is 7.77. The van der Waals surface area contributed by atoms with Gasteiger partial charge in [-0.1, -0.05) is 25.0 Å². The maximum Gasteiger partial charge on any atom is 0.308 e. The molecule has 2 aliphatic rings. The fourth-order valence-corrected chi connectivity index (χ4v) is 4.27. The van der Waals surface area contributed by atoms with Crippen molar-refractivity contribution in [2.75, 3.05) is 13.2 Å². The van der Waals surface area contributed by atoms with Gasteiger partial charge in [0.15, 0.2) is 11.6 Å². The number of nitriles is 1. The molecule has 9 nitrogen and oxygen atoms in total. The number of aliphatic hydroxyl groups is 1. The van der Waals surface area contributed by atoms with Crippen molar-refractivity contribution in [2.24, 2.45) is 11.8 Å². The van der Waals surface area contributed by atoms with Gasteiger partial charge in [-0.2, -0.15) is 5.26 Å². The average molecular weight is 422 g/mol. The van der Waals surface area contributed by atoms with Gasteiger partial charge in [0.05, 0.1) is 29.3 Å². The SMILES string of the molecule is N#CC(=C(O)COC(=O)CCN1C(=O)C2CCCCC2C1=O)c1nc2ccccc2[nH]1. The van der Waals surface area contributed by atoms with Gasteiger partial charge in [0, 0.05) is 6.54 Å². The minimum absolute atomic E-state index is 0.0390. The Morgan fingerprint density at radius 1 is 1.23 bits per heavy atom. The van der Waals surface area contributed by atoms with Gasteiger partial charge >= 0.3 is 5.97 Å². The van der Waals surface area contributed by atoms with E-state index >= 15 is 0 Å². The number of imidazole rings is 1. The van der Waals surface area contributed by atoms with Crippen LogP contribution in [-0.2, 0) is 19.1 Å². The van der Waals surface area contributed by atoms with Crippen LogP contribution in [0.1, 0.15) is 37.9 Å². The zero-order valence-corrected chi connectivity index (χ0v) is 16.8. The van der Waals surface area contributed by atoms with Gasteiger partial charge in [-0.15, -0.1) is 0 Å². The lowest BCUT2D eigenvalue weighted by Crippen LogP contribution is -2.33. The number of imide groups is 1. The van der Waals surface area contributed by atoms with Crippen molar-refractivity contribution in [3.05, 3.63) is 35.8 Å². The van der Waals surface area contributed by atoms with Gasteiger partial charge in [-0.25, -0.2) is 4.98 Å². The number of aromatic nitrogens is 2. The van der Waals surface area contributed by atoms with E-state index in [9.17, 15) is 24.8 Å². The highest BCUT2D eigenvalue weighted by molar-refractivity contribution is 6.05. The number of benzene rings is 1. The van der Waals surface area contributed by atoms with E-state index in [1.807, 2.05) is 12.1 Å². The number of carbonyl (C=O) groups is 3. The number of nitrogens with one attached hydrogen (secondary N) is 1. The molecule has 2 fully saturated rings. The third-order valence-corrected chi connectivity index (χ3v) is 5.87. The first-order valence-corrected chi connectivity index (χ1v) is 10.3. The van der Waals surface area contributed by atoms with E-state index in [0.29, 0.717) is 23.9 Å². The quantitative estimate of drug-likeness (QED) is 0.316. The Labute approximate surface area is 178 Å². The van der Waals surface area contributed by atoms with Gasteiger partial charge < -0.3 is 14.8 Å². The smallest absolute Gasteiger partial charge is 0.308 e. The van der Waals surface area contributed by atoms with Crippen molar-refractivity contribution >= 4 is 34.4 Å². The highest BCUT2D eigenvalue weighted by Crippen LogP contribution is 2.38. The summed E-state index contributed by atoms with van der Waals surface area (Å²) in [5.74, 6) is -1.87.